The second-order valence-corrected chi connectivity index (χ2v) is 11.1. The largest absolute Gasteiger partial charge is 0.449 e. The molecular weight excluding hydrogens is 414 g/mol. The fraction of sp³-hybridized carbons (Fsp3) is 0.522. The van der Waals surface area contributed by atoms with Gasteiger partial charge < -0.3 is 14.8 Å². The topological polar surface area (TPSA) is 115 Å². The van der Waals surface area contributed by atoms with Gasteiger partial charge in [0.25, 0.3) is 0 Å². The van der Waals surface area contributed by atoms with Gasteiger partial charge in [-0.25, -0.2) is 18.5 Å². The summed E-state index contributed by atoms with van der Waals surface area (Å²) in [6.07, 6.45) is 5.34. The van der Waals surface area contributed by atoms with E-state index in [0.717, 1.165) is 36.1 Å². The molecule has 1 fully saturated rings. The van der Waals surface area contributed by atoms with Gasteiger partial charge in [-0.2, -0.15) is 0 Å². The van der Waals surface area contributed by atoms with Crippen LogP contribution >= 0.6 is 0 Å². The molecule has 1 aromatic heterocycles. The third kappa shape index (κ3) is 4.36. The van der Waals surface area contributed by atoms with E-state index in [0.29, 0.717) is 23.2 Å². The predicted molar refractivity (Wildman–Crippen MR) is 120 cm³/mol. The molecule has 2 aliphatic rings. The second kappa shape index (κ2) is 7.67. The molecule has 4 N–H and O–H groups in total. The van der Waals surface area contributed by atoms with E-state index in [1.807, 2.05) is 0 Å². The summed E-state index contributed by atoms with van der Waals surface area (Å²) in [5.41, 5.74) is 3.52. The standard InChI is InChI=1S/C23H31N3O4S/c1-13(15-8-9-15)17-11-10-16-6-5-7-18(16)21(17)25-22(27)26-31(24,29)20-12-19(14(2)30-20)23(3,4)28/h10-13,15,28H,5-9H2,1-4H3,(H3,24,25,26,27,29)/t13-,31?/m1/s1. The first kappa shape index (κ1) is 21.9. The van der Waals surface area contributed by atoms with Crippen molar-refractivity contribution < 1.29 is 18.5 Å². The predicted octanol–water partition coefficient (Wildman–Crippen LogP) is 4.96. The maximum atomic E-state index is 13.0. The lowest BCUT2D eigenvalue weighted by atomic mass is 9.91. The maximum absolute atomic E-state index is 13.0. The zero-order valence-electron chi connectivity index (χ0n) is 18.5. The Labute approximate surface area is 183 Å². The SMILES string of the molecule is Cc1oc(S(=N)(=O)NC(=O)Nc2c([C@H](C)C3CC3)ccc3c2CCC3)cc1C(C)(C)O. The number of nitrogens with one attached hydrogen (secondary N) is 3. The van der Waals surface area contributed by atoms with Crippen molar-refractivity contribution in [3.63, 3.8) is 0 Å². The number of aryl methyl sites for hydroxylation is 2. The van der Waals surface area contributed by atoms with Crippen molar-refractivity contribution in [1.29, 1.82) is 4.78 Å². The number of fused-ring (bicyclic) bond motifs is 1. The average Bonchev–Trinajstić information content (AvgIpc) is 3.24. The van der Waals surface area contributed by atoms with Gasteiger partial charge in [-0.05, 0) is 81.4 Å². The molecule has 2 aromatic rings. The number of carbonyl (C=O) groups is 1. The Balaban J connectivity index is 1.59. The second-order valence-electron chi connectivity index (χ2n) is 9.35. The lowest BCUT2D eigenvalue weighted by Crippen LogP contribution is -2.34. The van der Waals surface area contributed by atoms with Gasteiger partial charge in [0.2, 0.25) is 5.09 Å². The molecule has 4 rings (SSSR count). The first-order valence-electron chi connectivity index (χ1n) is 10.8. The van der Waals surface area contributed by atoms with Crippen LogP contribution in [0.15, 0.2) is 27.7 Å². The van der Waals surface area contributed by atoms with Gasteiger partial charge in [0, 0.05) is 17.3 Å². The number of aliphatic hydroxyl groups is 1. The van der Waals surface area contributed by atoms with E-state index in [1.165, 1.54) is 24.5 Å². The van der Waals surface area contributed by atoms with Crippen molar-refractivity contribution in [2.75, 3.05) is 5.32 Å². The van der Waals surface area contributed by atoms with E-state index in [4.69, 9.17) is 9.20 Å². The lowest BCUT2D eigenvalue weighted by molar-refractivity contribution is 0.0769. The summed E-state index contributed by atoms with van der Waals surface area (Å²) in [6.45, 7) is 6.98. The summed E-state index contributed by atoms with van der Waals surface area (Å²) >= 11 is 0. The van der Waals surface area contributed by atoms with Gasteiger partial charge in [0.05, 0.1) is 5.60 Å². The number of furan rings is 1. The van der Waals surface area contributed by atoms with Crippen molar-refractivity contribution in [3.05, 3.63) is 46.2 Å². The molecule has 1 saturated carbocycles. The Morgan fingerprint density at radius 3 is 2.65 bits per heavy atom. The molecule has 168 valence electrons. The molecule has 1 unspecified atom stereocenters. The molecule has 1 aromatic carbocycles. The highest BCUT2D eigenvalue weighted by Crippen LogP contribution is 2.46. The van der Waals surface area contributed by atoms with E-state index in [-0.39, 0.29) is 5.09 Å². The van der Waals surface area contributed by atoms with Crippen molar-refractivity contribution in [3.8, 4) is 0 Å². The Morgan fingerprint density at radius 2 is 2.03 bits per heavy atom. The molecule has 31 heavy (non-hydrogen) atoms. The van der Waals surface area contributed by atoms with Gasteiger partial charge in [-0.3, -0.25) is 0 Å². The average molecular weight is 446 g/mol. The molecule has 2 aliphatic carbocycles. The first-order valence-corrected chi connectivity index (χ1v) is 12.4. The molecule has 8 heteroatoms. The van der Waals surface area contributed by atoms with Gasteiger partial charge in [0.1, 0.15) is 5.76 Å². The van der Waals surface area contributed by atoms with E-state index in [1.54, 1.807) is 20.8 Å². The molecular formula is C23H31N3O4S. The lowest BCUT2D eigenvalue weighted by Gasteiger charge is -2.20. The number of hydrogen-bond donors (Lipinski definition) is 4. The summed E-state index contributed by atoms with van der Waals surface area (Å²) in [6, 6.07) is 4.96. The highest BCUT2D eigenvalue weighted by atomic mass is 32.2. The monoisotopic (exact) mass is 445 g/mol. The van der Waals surface area contributed by atoms with E-state index in [2.05, 4.69) is 29.1 Å². The molecule has 1 heterocycles. The van der Waals surface area contributed by atoms with Crippen molar-refractivity contribution in [1.82, 2.24) is 4.72 Å². The molecule has 0 aliphatic heterocycles. The van der Waals surface area contributed by atoms with Crippen molar-refractivity contribution in [2.24, 2.45) is 5.92 Å². The Hall–Kier alpha value is -2.32. The summed E-state index contributed by atoms with van der Waals surface area (Å²) < 4.78 is 29.0. The first-order chi connectivity index (χ1) is 14.5. The summed E-state index contributed by atoms with van der Waals surface area (Å²) in [5.74, 6) is 1.34. The van der Waals surface area contributed by atoms with Gasteiger partial charge in [-0.15, -0.1) is 0 Å². The van der Waals surface area contributed by atoms with Crippen LogP contribution in [0.2, 0.25) is 0 Å². The van der Waals surface area contributed by atoms with Crippen LogP contribution in [0.25, 0.3) is 0 Å². The van der Waals surface area contributed by atoms with Crippen LogP contribution in [0.4, 0.5) is 10.5 Å². The fourth-order valence-corrected chi connectivity index (χ4v) is 5.52. The molecule has 0 radical (unpaired) electrons. The molecule has 2 amide bonds. The minimum Gasteiger partial charge on any atom is -0.449 e. The minimum atomic E-state index is -3.73. The quantitative estimate of drug-likeness (QED) is 0.503. The van der Waals surface area contributed by atoms with Crippen LogP contribution in [-0.2, 0) is 28.4 Å². The van der Waals surface area contributed by atoms with Gasteiger partial charge in [0.15, 0.2) is 9.92 Å². The highest BCUT2D eigenvalue weighted by molar-refractivity contribution is 7.91. The number of amides is 2. The number of rotatable bonds is 6. The van der Waals surface area contributed by atoms with Crippen molar-refractivity contribution >= 4 is 21.6 Å². The van der Waals surface area contributed by atoms with Gasteiger partial charge >= 0.3 is 6.03 Å². The van der Waals surface area contributed by atoms with E-state index >= 15 is 0 Å². The fourth-order valence-electron chi connectivity index (χ4n) is 4.59. The summed E-state index contributed by atoms with van der Waals surface area (Å²) in [5, 5.41) is 13.0. The number of hydrogen-bond acceptors (Lipinski definition) is 5. The maximum Gasteiger partial charge on any atom is 0.332 e. The number of carbonyl (C=O) groups excluding carboxylic acids is 1. The molecule has 2 atom stereocenters. The van der Waals surface area contributed by atoms with Crippen LogP contribution in [0, 0.1) is 17.6 Å². The van der Waals surface area contributed by atoms with Crippen molar-refractivity contribution in [2.45, 2.75) is 76.4 Å². The minimum absolute atomic E-state index is 0.179. The zero-order chi connectivity index (χ0) is 22.6. The Bertz CT molecular complexity index is 1120. The third-order valence-corrected chi connectivity index (χ3v) is 7.69. The van der Waals surface area contributed by atoms with Crippen LogP contribution in [0.1, 0.15) is 74.0 Å². The van der Waals surface area contributed by atoms with Crippen LogP contribution in [0.3, 0.4) is 0 Å². The smallest absolute Gasteiger partial charge is 0.332 e. The van der Waals surface area contributed by atoms with Crippen LogP contribution in [0.5, 0.6) is 0 Å². The van der Waals surface area contributed by atoms with Crippen LogP contribution in [-0.4, -0.2) is 15.3 Å². The van der Waals surface area contributed by atoms with Crippen LogP contribution < -0.4 is 10.0 Å². The normalized spacial score (nSPS) is 18.9. The van der Waals surface area contributed by atoms with Gasteiger partial charge in [-0.1, -0.05) is 19.1 Å². The summed E-state index contributed by atoms with van der Waals surface area (Å²) in [7, 11) is -3.73. The number of anilines is 1. The number of urea groups is 1. The molecule has 7 nitrogen and oxygen atoms in total. The molecule has 0 saturated heterocycles. The summed E-state index contributed by atoms with van der Waals surface area (Å²) in [4.78, 5) is 12.8. The Morgan fingerprint density at radius 1 is 1.32 bits per heavy atom. The zero-order valence-corrected chi connectivity index (χ0v) is 19.3. The number of benzene rings is 1. The highest BCUT2D eigenvalue weighted by Gasteiger charge is 2.33. The molecule has 0 bridgehead atoms. The van der Waals surface area contributed by atoms with E-state index in [9.17, 15) is 14.1 Å². The van der Waals surface area contributed by atoms with E-state index < -0.39 is 21.5 Å². The third-order valence-electron chi connectivity index (χ3n) is 6.45. The molecule has 0 spiro atoms. The Kier molecular flexibility index (Phi) is 5.42.